The SMILES string of the molecule is CCOC(=O)C1CCC(c2ccccc2)NC1. The number of benzene rings is 1. The maximum Gasteiger partial charge on any atom is 0.310 e. The van der Waals surface area contributed by atoms with Crippen molar-refractivity contribution in [2.45, 2.75) is 25.8 Å². The van der Waals surface area contributed by atoms with Crippen LogP contribution >= 0.6 is 0 Å². The van der Waals surface area contributed by atoms with E-state index in [1.807, 2.05) is 13.0 Å². The summed E-state index contributed by atoms with van der Waals surface area (Å²) in [5.74, 6) is -0.0403. The summed E-state index contributed by atoms with van der Waals surface area (Å²) in [6.45, 7) is 3.04. The van der Waals surface area contributed by atoms with Crippen LogP contribution in [0.5, 0.6) is 0 Å². The van der Waals surface area contributed by atoms with Gasteiger partial charge in [0.25, 0.3) is 0 Å². The highest BCUT2D eigenvalue weighted by Crippen LogP contribution is 2.26. The van der Waals surface area contributed by atoms with Crippen molar-refractivity contribution in [3.8, 4) is 0 Å². The Morgan fingerprint density at radius 2 is 2.12 bits per heavy atom. The average molecular weight is 233 g/mol. The van der Waals surface area contributed by atoms with Crippen molar-refractivity contribution in [3.63, 3.8) is 0 Å². The van der Waals surface area contributed by atoms with Crippen LogP contribution in [0.15, 0.2) is 30.3 Å². The van der Waals surface area contributed by atoms with Gasteiger partial charge in [0.2, 0.25) is 0 Å². The number of esters is 1. The number of carbonyl (C=O) groups excluding carboxylic acids is 1. The second kappa shape index (κ2) is 5.82. The first-order chi connectivity index (χ1) is 8.31. The molecule has 0 spiro atoms. The molecule has 0 amide bonds. The molecule has 0 aromatic heterocycles. The molecule has 1 saturated heterocycles. The molecule has 2 unspecified atom stereocenters. The molecule has 0 saturated carbocycles. The normalized spacial score (nSPS) is 24.3. The molecule has 17 heavy (non-hydrogen) atoms. The third-order valence-electron chi connectivity index (χ3n) is 3.24. The summed E-state index contributed by atoms with van der Waals surface area (Å²) in [4.78, 5) is 11.6. The first-order valence-corrected chi connectivity index (χ1v) is 6.26. The zero-order valence-electron chi connectivity index (χ0n) is 10.2. The Labute approximate surface area is 102 Å². The molecular formula is C14H19NO2. The van der Waals surface area contributed by atoms with Gasteiger partial charge in [0, 0.05) is 12.6 Å². The van der Waals surface area contributed by atoms with Crippen LogP contribution in [0.4, 0.5) is 0 Å². The first kappa shape index (κ1) is 12.1. The number of hydrogen-bond acceptors (Lipinski definition) is 3. The number of carbonyl (C=O) groups is 1. The third-order valence-corrected chi connectivity index (χ3v) is 3.24. The molecule has 1 aliphatic rings. The van der Waals surface area contributed by atoms with E-state index >= 15 is 0 Å². The number of rotatable bonds is 3. The first-order valence-electron chi connectivity index (χ1n) is 6.26. The minimum atomic E-state index is -0.0634. The molecule has 0 bridgehead atoms. The Hall–Kier alpha value is -1.35. The van der Waals surface area contributed by atoms with E-state index in [2.05, 4.69) is 29.6 Å². The lowest BCUT2D eigenvalue weighted by Crippen LogP contribution is -2.37. The molecule has 1 N–H and O–H groups in total. The van der Waals surface area contributed by atoms with Gasteiger partial charge in [0.1, 0.15) is 0 Å². The van der Waals surface area contributed by atoms with Gasteiger partial charge in [-0.1, -0.05) is 30.3 Å². The van der Waals surface area contributed by atoms with Gasteiger partial charge < -0.3 is 10.1 Å². The average Bonchev–Trinajstić information content (AvgIpc) is 2.40. The molecule has 0 radical (unpaired) electrons. The quantitative estimate of drug-likeness (QED) is 0.814. The molecule has 1 aliphatic heterocycles. The van der Waals surface area contributed by atoms with E-state index in [0.29, 0.717) is 12.6 Å². The minimum absolute atomic E-state index is 0.0231. The zero-order valence-corrected chi connectivity index (χ0v) is 10.2. The molecule has 1 aromatic rings. The van der Waals surface area contributed by atoms with E-state index in [0.717, 1.165) is 19.4 Å². The summed E-state index contributed by atoms with van der Waals surface area (Å²) in [5, 5.41) is 3.42. The van der Waals surface area contributed by atoms with Crippen molar-refractivity contribution in [2.75, 3.05) is 13.2 Å². The monoisotopic (exact) mass is 233 g/mol. The summed E-state index contributed by atoms with van der Waals surface area (Å²) in [6, 6.07) is 10.8. The molecule has 92 valence electrons. The molecular weight excluding hydrogens is 214 g/mol. The van der Waals surface area contributed by atoms with Crippen molar-refractivity contribution in [3.05, 3.63) is 35.9 Å². The van der Waals surface area contributed by atoms with Crippen LogP contribution < -0.4 is 5.32 Å². The lowest BCUT2D eigenvalue weighted by Gasteiger charge is -2.28. The summed E-state index contributed by atoms with van der Waals surface area (Å²) in [5.41, 5.74) is 1.30. The van der Waals surface area contributed by atoms with Crippen LogP contribution in [0.2, 0.25) is 0 Å². The van der Waals surface area contributed by atoms with E-state index in [1.165, 1.54) is 5.56 Å². The topological polar surface area (TPSA) is 38.3 Å². The van der Waals surface area contributed by atoms with Crippen LogP contribution in [0, 0.1) is 5.92 Å². The van der Waals surface area contributed by atoms with Crippen LogP contribution in [-0.4, -0.2) is 19.1 Å². The van der Waals surface area contributed by atoms with E-state index < -0.39 is 0 Å². The second-order valence-electron chi connectivity index (χ2n) is 4.40. The number of hydrogen-bond donors (Lipinski definition) is 1. The fourth-order valence-corrected chi connectivity index (χ4v) is 2.29. The van der Waals surface area contributed by atoms with Crippen LogP contribution in [0.1, 0.15) is 31.4 Å². The summed E-state index contributed by atoms with van der Waals surface area (Å²) < 4.78 is 5.04. The molecule has 3 nitrogen and oxygen atoms in total. The number of ether oxygens (including phenoxy) is 1. The molecule has 2 rings (SSSR count). The van der Waals surface area contributed by atoms with Gasteiger partial charge in [-0.2, -0.15) is 0 Å². The van der Waals surface area contributed by atoms with E-state index in [9.17, 15) is 4.79 Å². The molecule has 1 heterocycles. The van der Waals surface area contributed by atoms with E-state index in [1.54, 1.807) is 0 Å². The molecule has 1 fully saturated rings. The minimum Gasteiger partial charge on any atom is -0.466 e. The van der Waals surface area contributed by atoms with Crippen molar-refractivity contribution in [2.24, 2.45) is 5.92 Å². The molecule has 3 heteroatoms. The van der Waals surface area contributed by atoms with Gasteiger partial charge in [-0.25, -0.2) is 0 Å². The summed E-state index contributed by atoms with van der Waals surface area (Å²) >= 11 is 0. The lowest BCUT2D eigenvalue weighted by molar-refractivity contribution is -0.148. The fraction of sp³-hybridized carbons (Fsp3) is 0.500. The Balaban J connectivity index is 1.88. The van der Waals surface area contributed by atoms with Gasteiger partial charge in [0.05, 0.1) is 12.5 Å². The van der Waals surface area contributed by atoms with Gasteiger partial charge >= 0.3 is 5.97 Å². The third kappa shape index (κ3) is 3.07. The maximum absolute atomic E-state index is 11.6. The van der Waals surface area contributed by atoms with Crippen molar-refractivity contribution in [1.29, 1.82) is 0 Å². The fourth-order valence-electron chi connectivity index (χ4n) is 2.29. The maximum atomic E-state index is 11.6. The van der Waals surface area contributed by atoms with Crippen LogP contribution in [-0.2, 0) is 9.53 Å². The van der Waals surface area contributed by atoms with Crippen molar-refractivity contribution >= 4 is 5.97 Å². The Morgan fingerprint density at radius 3 is 2.71 bits per heavy atom. The van der Waals surface area contributed by atoms with Crippen molar-refractivity contribution < 1.29 is 9.53 Å². The van der Waals surface area contributed by atoms with Gasteiger partial charge in [-0.05, 0) is 25.3 Å². The van der Waals surface area contributed by atoms with Gasteiger partial charge in [0.15, 0.2) is 0 Å². The van der Waals surface area contributed by atoms with Gasteiger partial charge in [-0.15, -0.1) is 0 Å². The second-order valence-corrected chi connectivity index (χ2v) is 4.40. The predicted octanol–water partition coefficient (Wildman–Crippen LogP) is 2.29. The predicted molar refractivity (Wildman–Crippen MR) is 66.5 cm³/mol. The van der Waals surface area contributed by atoms with Gasteiger partial charge in [-0.3, -0.25) is 4.79 Å². The Morgan fingerprint density at radius 1 is 1.35 bits per heavy atom. The van der Waals surface area contributed by atoms with Crippen LogP contribution in [0.3, 0.4) is 0 Å². The smallest absolute Gasteiger partial charge is 0.310 e. The summed E-state index contributed by atoms with van der Waals surface area (Å²) in [6.07, 6.45) is 1.90. The highest BCUT2D eigenvalue weighted by molar-refractivity contribution is 5.72. The largest absolute Gasteiger partial charge is 0.466 e. The standard InChI is InChI=1S/C14H19NO2/c1-2-17-14(16)12-8-9-13(15-10-12)11-6-4-3-5-7-11/h3-7,12-13,15H,2,8-10H2,1H3. The Kier molecular flexibility index (Phi) is 4.15. The summed E-state index contributed by atoms with van der Waals surface area (Å²) in [7, 11) is 0. The molecule has 0 aliphatic carbocycles. The highest BCUT2D eigenvalue weighted by Gasteiger charge is 2.27. The molecule has 2 atom stereocenters. The van der Waals surface area contributed by atoms with Crippen LogP contribution in [0.25, 0.3) is 0 Å². The number of piperidine rings is 1. The van der Waals surface area contributed by atoms with E-state index in [4.69, 9.17) is 4.74 Å². The van der Waals surface area contributed by atoms with E-state index in [-0.39, 0.29) is 11.9 Å². The molecule has 1 aromatic carbocycles. The Bertz CT molecular complexity index is 356. The van der Waals surface area contributed by atoms with Crippen molar-refractivity contribution in [1.82, 2.24) is 5.32 Å². The zero-order chi connectivity index (χ0) is 12.1. The highest BCUT2D eigenvalue weighted by atomic mass is 16.5. The lowest BCUT2D eigenvalue weighted by atomic mass is 9.91. The number of nitrogens with one attached hydrogen (secondary N) is 1.